The van der Waals surface area contributed by atoms with Crippen LogP contribution in [0, 0.1) is 0 Å². The van der Waals surface area contributed by atoms with E-state index in [0.29, 0.717) is 0 Å². The van der Waals surface area contributed by atoms with E-state index in [4.69, 9.17) is 8.85 Å². The van der Waals surface area contributed by atoms with Gasteiger partial charge >= 0.3 is 0 Å². The summed E-state index contributed by atoms with van der Waals surface area (Å²) in [5.74, 6) is 1.79. The molecule has 0 spiro atoms. The summed E-state index contributed by atoms with van der Waals surface area (Å²) in [5, 5.41) is 2.76. The zero-order chi connectivity index (χ0) is 16.4. The van der Waals surface area contributed by atoms with Crippen LogP contribution in [0.4, 0.5) is 0 Å². The van der Waals surface area contributed by atoms with E-state index in [-0.39, 0.29) is 10.1 Å². The topological polar surface area (TPSA) is 31.4 Å². The molecule has 0 atom stereocenters. The van der Waals surface area contributed by atoms with Gasteiger partial charge in [-0.25, -0.2) is 0 Å². The molecule has 1 heterocycles. The van der Waals surface area contributed by atoms with E-state index in [1.807, 2.05) is 18.5 Å². The van der Waals surface area contributed by atoms with E-state index in [1.165, 1.54) is 0 Å². The molecule has 0 aliphatic carbocycles. The van der Waals surface area contributed by atoms with E-state index in [9.17, 15) is 0 Å². The molecule has 0 radical (unpaired) electrons. The van der Waals surface area contributed by atoms with Crippen molar-refractivity contribution in [2.24, 2.45) is 0 Å². The van der Waals surface area contributed by atoms with Crippen molar-refractivity contribution >= 4 is 30.3 Å². The Bertz CT molecular complexity index is 589. The van der Waals surface area contributed by atoms with Gasteiger partial charge in [0.2, 0.25) is 19.5 Å². The fourth-order valence-corrected chi connectivity index (χ4v) is 3.54. The molecule has 5 heteroatoms. The molecular weight excluding hydrogens is 306 g/mol. The number of benzene rings is 1. The third-order valence-corrected chi connectivity index (χ3v) is 5.67. The molecular formula is C17H27NO2Si2. The monoisotopic (exact) mass is 333 g/mol. The summed E-state index contributed by atoms with van der Waals surface area (Å²) in [5.41, 5.74) is 0. The highest BCUT2D eigenvalue weighted by molar-refractivity contribution is 6.34. The van der Waals surface area contributed by atoms with Crippen LogP contribution in [0.5, 0.6) is 11.5 Å². The summed E-state index contributed by atoms with van der Waals surface area (Å²) in [7, 11) is -1.34. The lowest BCUT2D eigenvalue weighted by molar-refractivity contribution is 0.488. The first-order valence-corrected chi connectivity index (χ1v) is 10.3. The van der Waals surface area contributed by atoms with Gasteiger partial charge in [-0.2, -0.15) is 0 Å². The van der Waals surface area contributed by atoms with Gasteiger partial charge in [-0.3, -0.25) is 4.98 Å². The van der Waals surface area contributed by atoms with Crippen molar-refractivity contribution in [3.8, 4) is 11.5 Å². The minimum Gasteiger partial charge on any atom is -0.546 e. The van der Waals surface area contributed by atoms with Gasteiger partial charge in [0.25, 0.3) is 0 Å². The SMILES string of the molecule is CC(C)(C)[SiH2]Oc1cc2ccncc2cc1O[SiH2]C(C)(C)C. The zero-order valence-electron chi connectivity index (χ0n) is 14.6. The molecule has 1 aromatic heterocycles. The van der Waals surface area contributed by atoms with E-state index in [2.05, 4.69) is 58.7 Å². The van der Waals surface area contributed by atoms with Crippen LogP contribution in [0.15, 0.2) is 30.6 Å². The first kappa shape index (κ1) is 17.0. The maximum atomic E-state index is 6.19. The van der Waals surface area contributed by atoms with E-state index < -0.39 is 19.5 Å². The van der Waals surface area contributed by atoms with Crippen LogP contribution < -0.4 is 8.85 Å². The number of nitrogens with zero attached hydrogens (tertiary/aromatic N) is 1. The lowest BCUT2D eigenvalue weighted by atomic mass is 10.1. The average molecular weight is 334 g/mol. The predicted octanol–water partition coefficient (Wildman–Crippen LogP) is 3.60. The zero-order valence-corrected chi connectivity index (χ0v) is 17.4. The highest BCUT2D eigenvalue weighted by Gasteiger charge is 2.18. The Balaban J connectivity index is 2.32. The fourth-order valence-electron chi connectivity index (χ4n) is 1.91. The lowest BCUT2D eigenvalue weighted by Gasteiger charge is -2.23. The van der Waals surface area contributed by atoms with Crippen LogP contribution >= 0.6 is 0 Å². The quantitative estimate of drug-likeness (QED) is 0.801. The van der Waals surface area contributed by atoms with Crippen LogP contribution in [0.1, 0.15) is 41.5 Å². The fraction of sp³-hybridized carbons (Fsp3) is 0.471. The minimum absolute atomic E-state index is 0.253. The number of rotatable bonds is 4. The maximum Gasteiger partial charge on any atom is 0.225 e. The van der Waals surface area contributed by atoms with Crippen LogP contribution in [-0.4, -0.2) is 24.5 Å². The summed E-state index contributed by atoms with van der Waals surface area (Å²) in [6, 6.07) is 6.20. The van der Waals surface area contributed by atoms with Crippen LogP contribution in [0.3, 0.4) is 0 Å². The van der Waals surface area contributed by atoms with Gasteiger partial charge < -0.3 is 8.85 Å². The molecule has 2 rings (SSSR count). The van der Waals surface area contributed by atoms with Crippen molar-refractivity contribution in [3.63, 3.8) is 0 Å². The van der Waals surface area contributed by atoms with Crippen molar-refractivity contribution in [2.75, 3.05) is 0 Å². The summed E-state index contributed by atoms with van der Waals surface area (Å²) in [6.45, 7) is 13.4. The number of hydrogen-bond acceptors (Lipinski definition) is 3. The van der Waals surface area contributed by atoms with Gasteiger partial charge in [0.05, 0.1) is 0 Å². The van der Waals surface area contributed by atoms with E-state index in [0.717, 1.165) is 22.3 Å². The maximum absolute atomic E-state index is 6.19. The van der Waals surface area contributed by atoms with Gasteiger partial charge in [0, 0.05) is 17.8 Å². The Morgan fingerprint density at radius 1 is 0.818 bits per heavy atom. The Labute approximate surface area is 138 Å². The molecule has 0 fully saturated rings. The summed E-state index contributed by atoms with van der Waals surface area (Å²) < 4.78 is 12.4. The van der Waals surface area contributed by atoms with E-state index in [1.54, 1.807) is 0 Å². The molecule has 120 valence electrons. The van der Waals surface area contributed by atoms with Crippen LogP contribution in [0.2, 0.25) is 10.1 Å². The normalized spacial score (nSPS) is 13.5. The Kier molecular flexibility index (Phi) is 4.97. The van der Waals surface area contributed by atoms with Crippen molar-refractivity contribution in [2.45, 2.75) is 51.6 Å². The molecule has 1 aromatic carbocycles. The number of pyridine rings is 1. The second-order valence-corrected chi connectivity index (χ2v) is 13.6. The first-order chi connectivity index (χ1) is 10.1. The summed E-state index contributed by atoms with van der Waals surface area (Å²) >= 11 is 0. The third-order valence-electron chi connectivity index (χ3n) is 3.02. The molecule has 0 aliphatic heterocycles. The molecule has 0 bridgehead atoms. The highest BCUT2D eigenvalue weighted by Crippen LogP contribution is 2.35. The van der Waals surface area contributed by atoms with Crippen molar-refractivity contribution in [1.82, 2.24) is 4.98 Å². The van der Waals surface area contributed by atoms with Crippen molar-refractivity contribution < 1.29 is 8.85 Å². The van der Waals surface area contributed by atoms with Crippen molar-refractivity contribution in [3.05, 3.63) is 30.6 Å². The third kappa shape index (κ3) is 5.14. The van der Waals surface area contributed by atoms with Crippen molar-refractivity contribution in [1.29, 1.82) is 0 Å². The van der Waals surface area contributed by atoms with Crippen LogP contribution in [0.25, 0.3) is 10.8 Å². The summed E-state index contributed by atoms with van der Waals surface area (Å²) in [6.07, 6.45) is 3.70. The first-order valence-electron chi connectivity index (χ1n) is 7.77. The van der Waals surface area contributed by atoms with Gasteiger partial charge in [-0.15, -0.1) is 0 Å². The minimum atomic E-state index is -0.672. The van der Waals surface area contributed by atoms with Gasteiger partial charge in [-0.1, -0.05) is 41.5 Å². The second-order valence-electron chi connectivity index (χ2n) is 8.22. The molecule has 22 heavy (non-hydrogen) atoms. The molecule has 0 N–H and O–H groups in total. The molecule has 3 nitrogen and oxygen atoms in total. The average Bonchev–Trinajstić information content (AvgIpc) is 2.40. The standard InChI is InChI=1S/C17H27NO2Si2/c1-16(2,3)21-19-14-9-12-7-8-18-11-13(12)10-15(14)20-22-17(4,5)6/h7-11H,21-22H2,1-6H3. The largest absolute Gasteiger partial charge is 0.546 e. The predicted molar refractivity (Wildman–Crippen MR) is 99.5 cm³/mol. The summed E-state index contributed by atoms with van der Waals surface area (Å²) in [4.78, 5) is 4.20. The van der Waals surface area contributed by atoms with Gasteiger partial charge in [0.15, 0.2) is 0 Å². The molecule has 0 saturated carbocycles. The highest BCUT2D eigenvalue weighted by atomic mass is 28.2. The number of fused-ring (bicyclic) bond motifs is 1. The Morgan fingerprint density at radius 3 is 1.82 bits per heavy atom. The molecule has 0 amide bonds. The van der Waals surface area contributed by atoms with E-state index >= 15 is 0 Å². The molecule has 0 aliphatic rings. The number of aromatic nitrogens is 1. The van der Waals surface area contributed by atoms with Gasteiger partial charge in [-0.05, 0) is 33.7 Å². The molecule has 0 unspecified atom stereocenters. The number of hydrogen-bond donors (Lipinski definition) is 0. The smallest absolute Gasteiger partial charge is 0.225 e. The Hall–Kier alpha value is -1.34. The van der Waals surface area contributed by atoms with Gasteiger partial charge in [0.1, 0.15) is 11.5 Å². The molecule has 0 saturated heterocycles. The molecule has 2 aromatic rings. The van der Waals surface area contributed by atoms with Crippen LogP contribution in [-0.2, 0) is 0 Å². The Morgan fingerprint density at radius 2 is 1.32 bits per heavy atom. The lowest BCUT2D eigenvalue weighted by Crippen LogP contribution is -2.18. The second kappa shape index (κ2) is 6.42.